The van der Waals surface area contributed by atoms with Crippen LogP contribution in [-0.4, -0.2) is 11.6 Å². The fourth-order valence-electron chi connectivity index (χ4n) is 5.09. The minimum absolute atomic E-state index is 0.0317. The highest BCUT2D eigenvalue weighted by atomic mass is 16.5. The van der Waals surface area contributed by atoms with E-state index in [0.717, 1.165) is 24.2 Å². The Morgan fingerprint density at radius 3 is 1.85 bits per heavy atom. The van der Waals surface area contributed by atoms with Crippen LogP contribution in [0.15, 0.2) is 66.7 Å². The van der Waals surface area contributed by atoms with E-state index in [2.05, 4.69) is 58.0 Å². The van der Waals surface area contributed by atoms with Gasteiger partial charge in [0, 0.05) is 5.41 Å². The topological polar surface area (TPSA) is 35.5 Å². The number of ether oxygens (including phenoxy) is 2. The lowest BCUT2D eigenvalue weighted by atomic mass is 9.65. The second kappa shape index (κ2) is 9.66. The van der Waals surface area contributed by atoms with Gasteiger partial charge in [-0.15, -0.1) is 0 Å². The molecule has 3 aromatic rings. The van der Waals surface area contributed by atoms with E-state index < -0.39 is 0 Å². The molecular weight excluding hydrogens is 420 g/mol. The van der Waals surface area contributed by atoms with E-state index in [0.29, 0.717) is 11.3 Å². The van der Waals surface area contributed by atoms with Crippen LogP contribution in [0.4, 0.5) is 0 Å². The molecule has 0 unspecified atom stereocenters. The van der Waals surface area contributed by atoms with Crippen molar-refractivity contribution in [1.29, 1.82) is 0 Å². The lowest BCUT2D eigenvalue weighted by Gasteiger charge is -2.39. The minimum Gasteiger partial charge on any atom is -0.488 e. The molecule has 0 amide bonds. The van der Waals surface area contributed by atoms with Gasteiger partial charge >= 0.3 is 5.97 Å². The Morgan fingerprint density at radius 2 is 1.32 bits per heavy atom. The number of hydrogen-bond donors (Lipinski definition) is 0. The Balaban J connectivity index is 1.66. The summed E-state index contributed by atoms with van der Waals surface area (Å²) in [6, 6.07) is 22.2. The number of benzene rings is 3. The van der Waals surface area contributed by atoms with Crippen LogP contribution < -0.4 is 9.47 Å². The third-order valence-corrected chi connectivity index (χ3v) is 6.79. The van der Waals surface area contributed by atoms with Crippen molar-refractivity contribution in [2.75, 3.05) is 0 Å². The number of esters is 1. The van der Waals surface area contributed by atoms with E-state index in [9.17, 15) is 4.79 Å². The van der Waals surface area contributed by atoms with Crippen LogP contribution in [0.5, 0.6) is 11.5 Å². The number of aryl methyl sites for hydroxylation is 2. The standard InChI is InChI=1S/C31H36O3/c1-22-20-25(14-16-27(22)33-29(32)24-12-8-6-9-13-24)31(18-10-7-11-19-31)26-15-17-28(23(2)21-26)34-30(3,4)5/h6,8-9,12-17,20-21H,7,10-11,18-19H2,1-5H3. The molecule has 0 saturated heterocycles. The molecule has 1 saturated carbocycles. The van der Waals surface area contributed by atoms with Crippen LogP contribution in [0.2, 0.25) is 0 Å². The highest BCUT2D eigenvalue weighted by Crippen LogP contribution is 2.46. The van der Waals surface area contributed by atoms with Crippen LogP contribution in [0.3, 0.4) is 0 Å². The zero-order valence-electron chi connectivity index (χ0n) is 21.1. The maximum atomic E-state index is 12.6. The molecule has 3 aromatic carbocycles. The average molecular weight is 457 g/mol. The van der Waals surface area contributed by atoms with Gasteiger partial charge in [0.05, 0.1) is 5.56 Å². The van der Waals surface area contributed by atoms with Gasteiger partial charge in [0.2, 0.25) is 0 Å². The summed E-state index contributed by atoms with van der Waals surface area (Å²) in [5.41, 5.74) is 5.10. The number of rotatable bonds is 5. The highest BCUT2D eigenvalue weighted by molar-refractivity contribution is 5.91. The first-order valence-electron chi connectivity index (χ1n) is 12.4. The van der Waals surface area contributed by atoms with Crippen molar-refractivity contribution in [2.24, 2.45) is 0 Å². The number of carbonyl (C=O) groups is 1. The van der Waals surface area contributed by atoms with E-state index in [4.69, 9.17) is 9.47 Å². The summed E-state index contributed by atoms with van der Waals surface area (Å²) in [7, 11) is 0. The molecule has 0 bridgehead atoms. The van der Waals surface area contributed by atoms with Gasteiger partial charge in [0.15, 0.2) is 0 Å². The SMILES string of the molecule is Cc1cc(C2(c3ccc(OC(C)(C)C)c(C)c3)CCCCC2)ccc1OC(=O)c1ccccc1. The van der Waals surface area contributed by atoms with Crippen LogP contribution >= 0.6 is 0 Å². The Labute approximate surface area is 204 Å². The predicted molar refractivity (Wildman–Crippen MR) is 138 cm³/mol. The Kier molecular flexibility index (Phi) is 6.84. The summed E-state index contributed by atoms with van der Waals surface area (Å²) in [5, 5.41) is 0. The molecule has 3 nitrogen and oxygen atoms in total. The van der Waals surface area contributed by atoms with Gasteiger partial charge in [0.25, 0.3) is 0 Å². The summed E-state index contributed by atoms with van der Waals surface area (Å²) in [6.07, 6.45) is 5.94. The van der Waals surface area contributed by atoms with E-state index in [-0.39, 0.29) is 17.0 Å². The van der Waals surface area contributed by atoms with Crippen molar-refractivity contribution in [1.82, 2.24) is 0 Å². The van der Waals surface area contributed by atoms with E-state index >= 15 is 0 Å². The third-order valence-electron chi connectivity index (χ3n) is 6.79. The molecule has 0 aliphatic heterocycles. The van der Waals surface area contributed by atoms with Gasteiger partial charge in [-0.25, -0.2) is 4.79 Å². The molecule has 34 heavy (non-hydrogen) atoms. The molecule has 1 aliphatic rings. The van der Waals surface area contributed by atoms with Crippen molar-refractivity contribution >= 4 is 5.97 Å². The zero-order valence-corrected chi connectivity index (χ0v) is 21.1. The van der Waals surface area contributed by atoms with Crippen molar-refractivity contribution in [3.63, 3.8) is 0 Å². The molecular formula is C31H36O3. The molecule has 178 valence electrons. The molecule has 0 radical (unpaired) electrons. The molecule has 0 spiro atoms. The van der Waals surface area contributed by atoms with Gasteiger partial charge in [0.1, 0.15) is 17.1 Å². The summed E-state index contributed by atoms with van der Waals surface area (Å²) >= 11 is 0. The maximum absolute atomic E-state index is 12.6. The van der Waals surface area contributed by atoms with Crippen molar-refractivity contribution in [3.8, 4) is 11.5 Å². The summed E-state index contributed by atoms with van der Waals surface area (Å²) in [6.45, 7) is 10.4. The molecule has 3 heteroatoms. The van der Waals surface area contributed by atoms with Crippen LogP contribution in [0.25, 0.3) is 0 Å². The van der Waals surface area contributed by atoms with E-state index in [1.807, 2.05) is 31.2 Å². The van der Waals surface area contributed by atoms with Crippen molar-refractivity contribution in [2.45, 2.75) is 77.7 Å². The Morgan fingerprint density at radius 1 is 0.765 bits per heavy atom. The summed E-state index contributed by atoms with van der Waals surface area (Å²) in [5.74, 6) is 1.24. The maximum Gasteiger partial charge on any atom is 0.343 e. The van der Waals surface area contributed by atoms with Crippen molar-refractivity contribution in [3.05, 3.63) is 94.5 Å². The molecule has 1 fully saturated rings. The monoisotopic (exact) mass is 456 g/mol. The largest absolute Gasteiger partial charge is 0.488 e. The quantitative estimate of drug-likeness (QED) is 0.289. The normalized spacial score (nSPS) is 15.6. The van der Waals surface area contributed by atoms with Gasteiger partial charge in [-0.2, -0.15) is 0 Å². The second-order valence-electron chi connectivity index (χ2n) is 10.6. The Bertz CT molecular complexity index is 1150. The number of carbonyl (C=O) groups excluding carboxylic acids is 1. The zero-order chi connectivity index (χ0) is 24.3. The average Bonchev–Trinajstić information content (AvgIpc) is 2.82. The lowest BCUT2D eigenvalue weighted by molar-refractivity contribution is 0.0733. The lowest BCUT2D eigenvalue weighted by Crippen LogP contribution is -2.31. The van der Waals surface area contributed by atoms with Gasteiger partial charge in [-0.05, 0) is 94.0 Å². The summed E-state index contributed by atoms with van der Waals surface area (Å²) in [4.78, 5) is 12.6. The molecule has 0 atom stereocenters. The third kappa shape index (κ3) is 5.19. The second-order valence-corrected chi connectivity index (χ2v) is 10.6. The van der Waals surface area contributed by atoms with Crippen LogP contribution in [0.1, 0.15) is 85.5 Å². The smallest absolute Gasteiger partial charge is 0.343 e. The van der Waals surface area contributed by atoms with Crippen LogP contribution in [0, 0.1) is 13.8 Å². The molecule has 0 N–H and O–H groups in total. The molecule has 1 aliphatic carbocycles. The molecule has 0 heterocycles. The van der Waals surface area contributed by atoms with Gasteiger partial charge in [-0.1, -0.05) is 61.7 Å². The van der Waals surface area contributed by atoms with Crippen LogP contribution in [-0.2, 0) is 5.41 Å². The fourth-order valence-corrected chi connectivity index (χ4v) is 5.09. The number of hydrogen-bond acceptors (Lipinski definition) is 3. The van der Waals surface area contributed by atoms with E-state index in [1.54, 1.807) is 12.1 Å². The fraction of sp³-hybridized carbons (Fsp3) is 0.387. The van der Waals surface area contributed by atoms with Gasteiger partial charge in [-0.3, -0.25) is 0 Å². The van der Waals surface area contributed by atoms with Crippen molar-refractivity contribution < 1.29 is 14.3 Å². The highest BCUT2D eigenvalue weighted by Gasteiger charge is 2.36. The summed E-state index contributed by atoms with van der Waals surface area (Å²) < 4.78 is 11.9. The first-order chi connectivity index (χ1) is 16.2. The first-order valence-corrected chi connectivity index (χ1v) is 12.4. The Hall–Kier alpha value is -3.07. The van der Waals surface area contributed by atoms with Gasteiger partial charge < -0.3 is 9.47 Å². The first kappa shape index (κ1) is 24.1. The minimum atomic E-state index is -0.325. The predicted octanol–water partition coefficient (Wildman–Crippen LogP) is 7.95. The molecule has 0 aromatic heterocycles. The van der Waals surface area contributed by atoms with E-state index in [1.165, 1.54) is 36.0 Å². The molecule has 4 rings (SSSR count).